The lowest BCUT2D eigenvalue weighted by molar-refractivity contribution is -0.126. The number of aromatic nitrogens is 1. The van der Waals surface area contributed by atoms with Crippen LogP contribution < -0.4 is 11.1 Å². The molecule has 3 N–H and O–H groups in total. The molecule has 1 aromatic rings. The van der Waals surface area contributed by atoms with Crippen LogP contribution in [0.2, 0.25) is 0 Å². The number of hydrogen-bond acceptors (Lipinski definition) is 5. The second-order valence-corrected chi connectivity index (χ2v) is 8.59. The molecule has 25 heavy (non-hydrogen) atoms. The Morgan fingerprint density at radius 3 is 2.52 bits per heavy atom. The van der Waals surface area contributed by atoms with Crippen molar-refractivity contribution in [2.24, 2.45) is 11.7 Å². The highest BCUT2D eigenvalue weighted by Gasteiger charge is 2.32. The monoisotopic (exact) mass is 368 g/mol. The molecule has 0 radical (unpaired) electrons. The lowest BCUT2D eigenvalue weighted by Crippen LogP contribution is -2.51. The van der Waals surface area contributed by atoms with E-state index in [4.69, 9.17) is 5.73 Å². The second-order valence-electron chi connectivity index (χ2n) is 6.65. The summed E-state index contributed by atoms with van der Waals surface area (Å²) >= 11 is 0. The summed E-state index contributed by atoms with van der Waals surface area (Å²) in [6.07, 6.45) is 5.52. The first kappa shape index (κ1) is 19.8. The lowest BCUT2D eigenvalue weighted by Gasteiger charge is -2.32. The van der Waals surface area contributed by atoms with Crippen LogP contribution in [0.25, 0.3) is 0 Å². The van der Waals surface area contributed by atoms with Crippen molar-refractivity contribution in [3.8, 4) is 0 Å². The summed E-state index contributed by atoms with van der Waals surface area (Å²) in [5, 5.41) is 2.94. The number of sulfonamides is 1. The molecule has 1 aliphatic rings. The van der Waals surface area contributed by atoms with E-state index in [0.717, 1.165) is 12.8 Å². The number of amides is 1. The van der Waals surface area contributed by atoms with Crippen LogP contribution in [0.15, 0.2) is 29.4 Å². The average molecular weight is 369 g/mol. The Bertz CT molecular complexity index is 666. The van der Waals surface area contributed by atoms with Crippen LogP contribution >= 0.6 is 0 Å². The van der Waals surface area contributed by atoms with Gasteiger partial charge in [0.25, 0.3) is 0 Å². The Morgan fingerprint density at radius 2 is 2.00 bits per heavy atom. The molecule has 7 nitrogen and oxygen atoms in total. The van der Waals surface area contributed by atoms with Crippen LogP contribution in [0.1, 0.15) is 39.5 Å². The van der Waals surface area contributed by atoms with Crippen molar-refractivity contribution < 1.29 is 13.2 Å². The smallest absolute Gasteiger partial charge is 0.244 e. The number of nitrogens with zero attached hydrogens (tertiary/aromatic N) is 2. The molecule has 0 saturated carbocycles. The molecule has 2 rings (SSSR count). The fraction of sp³-hybridized carbons (Fsp3) is 0.647. The maximum Gasteiger partial charge on any atom is 0.244 e. The van der Waals surface area contributed by atoms with Crippen LogP contribution in [-0.2, 0) is 14.8 Å². The normalized spacial score (nSPS) is 17.4. The summed E-state index contributed by atoms with van der Waals surface area (Å²) in [6.45, 7) is 5.15. The largest absolute Gasteiger partial charge is 0.354 e. The van der Waals surface area contributed by atoms with Gasteiger partial charge in [0.2, 0.25) is 15.9 Å². The second kappa shape index (κ2) is 8.25. The van der Waals surface area contributed by atoms with Crippen LogP contribution in [0, 0.1) is 5.92 Å². The van der Waals surface area contributed by atoms with Gasteiger partial charge in [-0.05, 0) is 37.8 Å². The van der Waals surface area contributed by atoms with E-state index in [0.29, 0.717) is 32.5 Å². The summed E-state index contributed by atoms with van der Waals surface area (Å²) in [5.41, 5.74) is 5.83. The highest BCUT2D eigenvalue weighted by Crippen LogP contribution is 2.23. The number of pyridine rings is 1. The predicted molar refractivity (Wildman–Crippen MR) is 96.2 cm³/mol. The quantitative estimate of drug-likeness (QED) is 0.750. The lowest BCUT2D eigenvalue weighted by atomic mass is 9.93. The van der Waals surface area contributed by atoms with Crippen molar-refractivity contribution in [2.75, 3.05) is 19.6 Å². The third-order valence-electron chi connectivity index (χ3n) is 5.12. The molecule has 8 heteroatoms. The van der Waals surface area contributed by atoms with Gasteiger partial charge < -0.3 is 11.1 Å². The van der Waals surface area contributed by atoms with Gasteiger partial charge in [0.05, 0.1) is 0 Å². The molecule has 1 fully saturated rings. The minimum Gasteiger partial charge on any atom is -0.354 e. The molecule has 1 saturated heterocycles. The van der Waals surface area contributed by atoms with E-state index in [1.165, 1.54) is 16.6 Å². The Kier molecular flexibility index (Phi) is 6.53. The minimum absolute atomic E-state index is 0.0323. The number of nitrogens with two attached hydrogens (primary N) is 1. The number of carbonyl (C=O) groups excluding carboxylic acids is 1. The van der Waals surface area contributed by atoms with Crippen molar-refractivity contribution in [1.29, 1.82) is 0 Å². The van der Waals surface area contributed by atoms with Gasteiger partial charge in [-0.3, -0.25) is 9.78 Å². The predicted octanol–water partition coefficient (Wildman–Crippen LogP) is 1.12. The van der Waals surface area contributed by atoms with Gasteiger partial charge in [-0.1, -0.05) is 13.8 Å². The van der Waals surface area contributed by atoms with E-state index in [-0.39, 0.29) is 22.3 Å². The number of piperidine rings is 1. The minimum atomic E-state index is -3.54. The summed E-state index contributed by atoms with van der Waals surface area (Å²) in [7, 11) is -3.54. The van der Waals surface area contributed by atoms with Crippen LogP contribution in [0.5, 0.6) is 0 Å². The highest BCUT2D eigenvalue weighted by atomic mass is 32.2. The van der Waals surface area contributed by atoms with E-state index < -0.39 is 10.0 Å². The van der Waals surface area contributed by atoms with Gasteiger partial charge in [0, 0.05) is 43.5 Å². The molecule has 0 unspecified atom stereocenters. The first-order chi connectivity index (χ1) is 11.8. The molecule has 1 amide bonds. The van der Waals surface area contributed by atoms with Crippen LogP contribution in [-0.4, -0.2) is 48.8 Å². The fourth-order valence-corrected chi connectivity index (χ4v) is 4.35. The van der Waals surface area contributed by atoms with E-state index in [9.17, 15) is 13.2 Å². The van der Waals surface area contributed by atoms with Gasteiger partial charge in [-0.2, -0.15) is 4.31 Å². The van der Waals surface area contributed by atoms with Crippen LogP contribution in [0.3, 0.4) is 0 Å². The Balaban J connectivity index is 1.90. The summed E-state index contributed by atoms with van der Waals surface area (Å²) in [4.78, 5) is 16.4. The Hall–Kier alpha value is -1.51. The molecule has 2 heterocycles. The highest BCUT2D eigenvalue weighted by molar-refractivity contribution is 7.89. The molecule has 0 spiro atoms. The first-order valence-corrected chi connectivity index (χ1v) is 10.2. The summed E-state index contributed by atoms with van der Waals surface area (Å²) in [5.74, 6) is -0.200. The third kappa shape index (κ3) is 4.77. The zero-order valence-corrected chi connectivity index (χ0v) is 15.8. The van der Waals surface area contributed by atoms with E-state index in [1.54, 1.807) is 12.3 Å². The molecule has 1 aromatic heterocycles. The topological polar surface area (TPSA) is 105 Å². The van der Waals surface area contributed by atoms with Gasteiger partial charge >= 0.3 is 0 Å². The van der Waals surface area contributed by atoms with Gasteiger partial charge in [0.1, 0.15) is 4.90 Å². The fourth-order valence-electron chi connectivity index (χ4n) is 2.91. The summed E-state index contributed by atoms with van der Waals surface area (Å²) < 4.78 is 26.6. The maximum atomic E-state index is 12.6. The van der Waals surface area contributed by atoms with E-state index in [1.807, 2.05) is 13.8 Å². The zero-order valence-electron chi connectivity index (χ0n) is 14.9. The van der Waals surface area contributed by atoms with Crippen molar-refractivity contribution in [3.63, 3.8) is 0 Å². The standard InChI is InChI=1S/C17H28N4O3S/c1-3-17(18,4-2)13-20-16(22)14-7-10-21(11-8-14)25(23,24)15-6-5-9-19-12-15/h5-6,9,12,14H,3-4,7-8,10-11,13,18H2,1-2H3,(H,20,22). The van der Waals surface area contributed by atoms with Crippen LogP contribution in [0.4, 0.5) is 0 Å². The van der Waals surface area contributed by atoms with Gasteiger partial charge in [-0.15, -0.1) is 0 Å². The number of hydrogen-bond donors (Lipinski definition) is 2. The van der Waals surface area contributed by atoms with Gasteiger partial charge in [0.15, 0.2) is 0 Å². The molecule has 0 bridgehead atoms. The molecular weight excluding hydrogens is 340 g/mol. The molecule has 140 valence electrons. The Labute approximate surface area is 150 Å². The van der Waals surface area contributed by atoms with Crippen molar-refractivity contribution in [3.05, 3.63) is 24.5 Å². The molecule has 0 aliphatic carbocycles. The van der Waals surface area contributed by atoms with Crippen molar-refractivity contribution in [1.82, 2.24) is 14.6 Å². The van der Waals surface area contributed by atoms with Gasteiger partial charge in [-0.25, -0.2) is 8.42 Å². The Morgan fingerprint density at radius 1 is 1.36 bits per heavy atom. The number of nitrogens with one attached hydrogen (secondary N) is 1. The third-order valence-corrected chi connectivity index (χ3v) is 7.00. The van der Waals surface area contributed by atoms with E-state index in [2.05, 4.69) is 10.3 Å². The molecule has 0 aromatic carbocycles. The van der Waals surface area contributed by atoms with E-state index >= 15 is 0 Å². The molecular formula is C17H28N4O3S. The number of carbonyl (C=O) groups is 1. The SMILES string of the molecule is CCC(N)(CC)CNC(=O)C1CCN(S(=O)(=O)c2cccnc2)CC1. The zero-order chi connectivity index (χ0) is 18.5. The molecule has 1 aliphatic heterocycles. The molecule has 0 atom stereocenters. The maximum absolute atomic E-state index is 12.6. The average Bonchev–Trinajstić information content (AvgIpc) is 2.66. The number of rotatable bonds is 7. The first-order valence-electron chi connectivity index (χ1n) is 8.79. The van der Waals surface area contributed by atoms with Crippen molar-refractivity contribution >= 4 is 15.9 Å². The summed E-state index contributed by atoms with van der Waals surface area (Å²) in [6, 6.07) is 3.14. The van der Waals surface area contributed by atoms with Crippen molar-refractivity contribution in [2.45, 2.75) is 50.0 Å².